The second kappa shape index (κ2) is 7.25. The Morgan fingerprint density at radius 2 is 1.89 bits per heavy atom. The average molecular weight is 372 g/mol. The van der Waals surface area contributed by atoms with Gasteiger partial charge in [0, 0.05) is 12.8 Å². The van der Waals surface area contributed by atoms with Crippen molar-refractivity contribution in [1.82, 2.24) is 9.88 Å². The zero-order valence-electron chi connectivity index (χ0n) is 14.8. The third-order valence-corrected chi connectivity index (χ3v) is 5.16. The molecule has 2 aliphatic rings. The van der Waals surface area contributed by atoms with Gasteiger partial charge in [0.1, 0.15) is 12.2 Å². The number of aliphatic hydroxyl groups is 1. The summed E-state index contributed by atoms with van der Waals surface area (Å²) in [6, 6.07) is 13.1. The molecule has 2 aliphatic heterocycles. The Hall–Kier alpha value is -2.51. The van der Waals surface area contributed by atoms with Gasteiger partial charge in [0.2, 0.25) is 5.95 Å². The Labute approximate surface area is 156 Å². The van der Waals surface area contributed by atoms with Crippen molar-refractivity contribution in [3.63, 3.8) is 0 Å². The van der Waals surface area contributed by atoms with E-state index in [-0.39, 0.29) is 37.2 Å². The van der Waals surface area contributed by atoms with E-state index in [0.717, 1.165) is 5.56 Å². The molecule has 142 valence electrons. The molecule has 27 heavy (non-hydrogen) atoms. The van der Waals surface area contributed by atoms with Crippen LogP contribution in [-0.2, 0) is 21.7 Å². The van der Waals surface area contributed by atoms with Crippen LogP contribution in [0.3, 0.4) is 0 Å². The van der Waals surface area contributed by atoms with Gasteiger partial charge in [-0.2, -0.15) is 4.39 Å². The summed E-state index contributed by atoms with van der Waals surface area (Å²) in [7, 11) is 0. The number of pyridine rings is 1. The van der Waals surface area contributed by atoms with Gasteiger partial charge >= 0.3 is 6.09 Å². The molecule has 1 N–H and O–H groups in total. The van der Waals surface area contributed by atoms with Crippen molar-refractivity contribution in [2.45, 2.75) is 37.1 Å². The number of morpholine rings is 1. The minimum atomic E-state index is -1.29. The zero-order valence-corrected chi connectivity index (χ0v) is 14.8. The highest BCUT2D eigenvalue weighted by atomic mass is 19.1. The van der Waals surface area contributed by atoms with Crippen molar-refractivity contribution in [3.05, 3.63) is 65.7 Å². The fraction of sp³-hybridized carbons (Fsp3) is 0.400. The molecule has 0 saturated carbocycles. The quantitative estimate of drug-likeness (QED) is 0.839. The van der Waals surface area contributed by atoms with Crippen LogP contribution in [0.15, 0.2) is 48.5 Å². The second-order valence-electron chi connectivity index (χ2n) is 7.08. The summed E-state index contributed by atoms with van der Waals surface area (Å²) in [4.78, 5) is 18.2. The number of amides is 1. The van der Waals surface area contributed by atoms with Crippen molar-refractivity contribution >= 4 is 6.09 Å². The number of hydrogen-bond acceptors (Lipinski definition) is 5. The van der Waals surface area contributed by atoms with Crippen molar-refractivity contribution in [1.29, 1.82) is 0 Å². The third-order valence-electron chi connectivity index (χ3n) is 5.16. The molecule has 1 aromatic carbocycles. The Morgan fingerprint density at radius 3 is 2.56 bits per heavy atom. The number of halogens is 1. The molecule has 0 radical (unpaired) electrons. The number of aromatic nitrogens is 1. The molecule has 0 spiro atoms. The summed E-state index contributed by atoms with van der Waals surface area (Å²) in [5, 5.41) is 11.1. The minimum absolute atomic E-state index is 0.187. The molecular formula is C20H21FN2O4. The summed E-state index contributed by atoms with van der Waals surface area (Å²) in [5.74, 6) is -0.632. The lowest BCUT2D eigenvalue weighted by molar-refractivity contribution is -0.138. The fourth-order valence-electron chi connectivity index (χ4n) is 3.94. The topological polar surface area (TPSA) is 71.9 Å². The highest BCUT2D eigenvalue weighted by Gasteiger charge is 2.50. The van der Waals surface area contributed by atoms with Gasteiger partial charge in [0.05, 0.1) is 31.0 Å². The Kier molecular flexibility index (Phi) is 4.80. The van der Waals surface area contributed by atoms with Crippen LogP contribution in [0.5, 0.6) is 0 Å². The molecule has 3 heterocycles. The first-order valence-electron chi connectivity index (χ1n) is 8.97. The number of ether oxygens (including phenoxy) is 2. The van der Waals surface area contributed by atoms with Crippen LogP contribution in [0, 0.1) is 5.95 Å². The lowest BCUT2D eigenvalue weighted by Crippen LogP contribution is -2.62. The number of nitrogens with zero attached hydrogens (tertiary/aromatic N) is 2. The SMILES string of the molecule is O=C(OCc1ccccc1)N1C2COCC1CC(O)(c1cccc(F)n1)C2. The maximum absolute atomic E-state index is 13.5. The number of rotatable bonds is 3. The molecule has 2 bridgehead atoms. The van der Waals surface area contributed by atoms with Crippen LogP contribution >= 0.6 is 0 Å². The second-order valence-corrected chi connectivity index (χ2v) is 7.08. The molecule has 2 aromatic rings. The lowest BCUT2D eigenvalue weighted by atomic mass is 9.79. The van der Waals surface area contributed by atoms with E-state index in [1.807, 2.05) is 30.3 Å². The number of carbonyl (C=O) groups is 1. The van der Waals surface area contributed by atoms with Crippen molar-refractivity contribution in [2.75, 3.05) is 13.2 Å². The number of fused-ring (bicyclic) bond motifs is 2. The Morgan fingerprint density at radius 1 is 1.19 bits per heavy atom. The van der Waals surface area contributed by atoms with E-state index in [9.17, 15) is 14.3 Å². The van der Waals surface area contributed by atoms with Gasteiger partial charge in [-0.15, -0.1) is 0 Å². The molecule has 6 nitrogen and oxygen atoms in total. The van der Waals surface area contributed by atoms with Crippen LogP contribution in [0.2, 0.25) is 0 Å². The van der Waals surface area contributed by atoms with Gasteiger partial charge in [0.15, 0.2) is 0 Å². The van der Waals surface area contributed by atoms with Gasteiger partial charge in [-0.3, -0.25) is 4.90 Å². The number of piperidine rings is 1. The first kappa shape index (κ1) is 17.9. The summed E-state index contributed by atoms with van der Waals surface area (Å²) in [6.45, 7) is 0.787. The van der Waals surface area contributed by atoms with Crippen LogP contribution in [0.25, 0.3) is 0 Å². The van der Waals surface area contributed by atoms with E-state index in [0.29, 0.717) is 13.2 Å². The van der Waals surface area contributed by atoms with E-state index in [1.165, 1.54) is 12.1 Å². The first-order valence-corrected chi connectivity index (χ1v) is 8.97. The van der Waals surface area contributed by atoms with Gasteiger partial charge < -0.3 is 14.6 Å². The maximum atomic E-state index is 13.5. The Balaban J connectivity index is 1.49. The van der Waals surface area contributed by atoms with Crippen molar-refractivity contribution in [2.24, 2.45) is 0 Å². The summed E-state index contributed by atoms with van der Waals surface area (Å²) < 4.78 is 24.6. The predicted octanol–water partition coefficient (Wildman–Crippen LogP) is 2.61. The summed E-state index contributed by atoms with van der Waals surface area (Å²) in [6.07, 6.45) is 0.0206. The normalized spacial score (nSPS) is 27.3. The monoisotopic (exact) mass is 372 g/mol. The number of hydrogen-bond donors (Lipinski definition) is 1. The van der Waals surface area contributed by atoms with Crippen molar-refractivity contribution < 1.29 is 23.8 Å². The molecule has 1 aromatic heterocycles. The summed E-state index contributed by atoms with van der Waals surface area (Å²) in [5.41, 5.74) is -0.0984. The van der Waals surface area contributed by atoms with E-state index in [2.05, 4.69) is 4.98 Å². The molecule has 1 amide bonds. The standard InChI is InChI=1S/C20H21FN2O4/c21-18-8-4-7-17(22-18)20(25)9-15-12-26-13-16(10-20)23(15)19(24)27-11-14-5-2-1-3-6-14/h1-8,15-16,25H,9-13H2. The predicted molar refractivity (Wildman–Crippen MR) is 94.2 cm³/mol. The van der Waals surface area contributed by atoms with Gasteiger partial charge in [0.25, 0.3) is 0 Å². The highest BCUT2D eigenvalue weighted by molar-refractivity contribution is 5.69. The highest BCUT2D eigenvalue weighted by Crippen LogP contribution is 2.40. The lowest BCUT2D eigenvalue weighted by Gasteiger charge is -2.50. The molecule has 2 saturated heterocycles. The van der Waals surface area contributed by atoms with E-state index >= 15 is 0 Å². The van der Waals surface area contributed by atoms with E-state index in [4.69, 9.17) is 9.47 Å². The third kappa shape index (κ3) is 3.65. The molecule has 2 atom stereocenters. The Bertz CT molecular complexity index is 803. The molecule has 2 unspecified atom stereocenters. The zero-order chi connectivity index (χ0) is 18.9. The van der Waals surface area contributed by atoms with E-state index < -0.39 is 17.6 Å². The molecule has 7 heteroatoms. The average Bonchev–Trinajstić information content (AvgIpc) is 2.66. The molecule has 2 fully saturated rings. The first-order chi connectivity index (χ1) is 13.0. The van der Waals surface area contributed by atoms with Gasteiger partial charge in [-0.05, 0) is 17.7 Å². The van der Waals surface area contributed by atoms with Crippen LogP contribution in [-0.4, -0.2) is 46.4 Å². The largest absolute Gasteiger partial charge is 0.445 e. The number of benzene rings is 1. The minimum Gasteiger partial charge on any atom is -0.445 e. The maximum Gasteiger partial charge on any atom is 0.410 e. The molecule has 4 rings (SSSR count). The fourth-order valence-corrected chi connectivity index (χ4v) is 3.94. The van der Waals surface area contributed by atoms with E-state index in [1.54, 1.807) is 11.0 Å². The molecule has 0 aliphatic carbocycles. The van der Waals surface area contributed by atoms with Crippen LogP contribution in [0.1, 0.15) is 24.1 Å². The molecular weight excluding hydrogens is 351 g/mol. The van der Waals surface area contributed by atoms with Crippen LogP contribution in [0.4, 0.5) is 9.18 Å². The van der Waals surface area contributed by atoms with Gasteiger partial charge in [-0.1, -0.05) is 36.4 Å². The smallest absolute Gasteiger partial charge is 0.410 e. The summed E-state index contributed by atoms with van der Waals surface area (Å²) >= 11 is 0. The van der Waals surface area contributed by atoms with Gasteiger partial charge in [-0.25, -0.2) is 9.78 Å². The van der Waals surface area contributed by atoms with Crippen LogP contribution < -0.4 is 0 Å². The van der Waals surface area contributed by atoms with Crippen molar-refractivity contribution in [3.8, 4) is 0 Å². The number of carbonyl (C=O) groups excluding carboxylic acids is 1.